The van der Waals surface area contributed by atoms with Crippen molar-refractivity contribution in [3.8, 4) is 0 Å². The Morgan fingerprint density at radius 1 is 1.54 bits per heavy atom. The van der Waals surface area contributed by atoms with Crippen LogP contribution in [0.2, 0.25) is 0 Å². The zero-order valence-corrected chi connectivity index (χ0v) is 8.18. The Bertz CT molecular complexity index is 314. The van der Waals surface area contributed by atoms with Crippen LogP contribution in [-0.2, 0) is 10.8 Å². The second-order valence-corrected chi connectivity index (χ2v) is 4.38. The molecule has 0 fully saturated rings. The van der Waals surface area contributed by atoms with Crippen molar-refractivity contribution in [2.45, 2.75) is 17.9 Å². The minimum Gasteiger partial charge on any atom is -0.327 e. The van der Waals surface area contributed by atoms with Crippen molar-refractivity contribution < 1.29 is 8.60 Å². The molecule has 0 bridgehead atoms. The van der Waals surface area contributed by atoms with E-state index in [1.807, 2.05) is 0 Å². The summed E-state index contributed by atoms with van der Waals surface area (Å²) in [5.74, 6) is -0.137. The normalized spacial score (nSPS) is 15.3. The maximum absolute atomic E-state index is 13.1. The Balaban J connectivity index is 2.83. The van der Waals surface area contributed by atoms with E-state index in [1.54, 1.807) is 19.1 Å². The van der Waals surface area contributed by atoms with Gasteiger partial charge in [-0.1, -0.05) is 12.1 Å². The molecule has 0 aromatic heterocycles. The van der Waals surface area contributed by atoms with Gasteiger partial charge in [0.05, 0.1) is 15.7 Å². The Kier molecular flexibility index (Phi) is 3.57. The number of nitrogens with two attached hydrogens (primary N) is 1. The van der Waals surface area contributed by atoms with Crippen LogP contribution < -0.4 is 5.73 Å². The van der Waals surface area contributed by atoms with Crippen LogP contribution in [0.5, 0.6) is 0 Å². The average molecular weight is 201 g/mol. The number of benzene rings is 1. The maximum Gasteiger partial charge on any atom is 0.139 e. The lowest BCUT2D eigenvalue weighted by Gasteiger charge is -2.05. The maximum atomic E-state index is 13.1. The van der Waals surface area contributed by atoms with Crippen LogP contribution in [0.1, 0.15) is 6.92 Å². The summed E-state index contributed by atoms with van der Waals surface area (Å²) in [6.45, 7) is 1.75. The van der Waals surface area contributed by atoms with E-state index in [4.69, 9.17) is 5.73 Å². The van der Waals surface area contributed by atoms with E-state index < -0.39 is 16.6 Å². The van der Waals surface area contributed by atoms with Gasteiger partial charge < -0.3 is 5.73 Å². The molecule has 0 amide bonds. The largest absolute Gasteiger partial charge is 0.327 e. The van der Waals surface area contributed by atoms with Gasteiger partial charge in [-0.15, -0.1) is 0 Å². The SMILES string of the molecule is CC(N)CS(=O)c1ccccc1F. The van der Waals surface area contributed by atoms with E-state index in [0.717, 1.165) is 0 Å². The first-order valence-electron chi connectivity index (χ1n) is 3.99. The van der Waals surface area contributed by atoms with Gasteiger partial charge in [-0.05, 0) is 19.1 Å². The van der Waals surface area contributed by atoms with Crippen molar-refractivity contribution >= 4 is 10.8 Å². The van der Waals surface area contributed by atoms with Crippen LogP contribution in [0.4, 0.5) is 4.39 Å². The smallest absolute Gasteiger partial charge is 0.139 e. The second kappa shape index (κ2) is 4.48. The van der Waals surface area contributed by atoms with Crippen LogP contribution in [-0.4, -0.2) is 16.0 Å². The molecule has 2 atom stereocenters. The van der Waals surface area contributed by atoms with Gasteiger partial charge in [-0.3, -0.25) is 4.21 Å². The van der Waals surface area contributed by atoms with Crippen LogP contribution >= 0.6 is 0 Å². The number of hydrogen-bond acceptors (Lipinski definition) is 2. The Hall–Kier alpha value is -0.740. The molecule has 13 heavy (non-hydrogen) atoms. The fourth-order valence-electron chi connectivity index (χ4n) is 0.958. The molecular weight excluding hydrogens is 189 g/mol. The van der Waals surface area contributed by atoms with Gasteiger partial charge in [-0.2, -0.15) is 0 Å². The molecule has 72 valence electrons. The summed E-state index contributed by atoms with van der Waals surface area (Å²) in [7, 11) is -1.33. The first-order valence-corrected chi connectivity index (χ1v) is 5.31. The van der Waals surface area contributed by atoms with Crippen molar-refractivity contribution in [3.05, 3.63) is 30.1 Å². The second-order valence-electron chi connectivity index (χ2n) is 2.92. The molecule has 0 heterocycles. The minimum absolute atomic E-state index is 0.180. The number of halogens is 1. The number of rotatable bonds is 3. The van der Waals surface area contributed by atoms with Gasteiger partial charge in [0.2, 0.25) is 0 Å². The zero-order chi connectivity index (χ0) is 9.84. The minimum atomic E-state index is -1.33. The molecule has 1 aromatic rings. The lowest BCUT2D eigenvalue weighted by atomic mass is 10.3. The van der Waals surface area contributed by atoms with E-state index in [1.165, 1.54) is 12.1 Å². The predicted octanol–water partition coefficient (Wildman–Crippen LogP) is 1.28. The summed E-state index contributed by atoms with van der Waals surface area (Å²) < 4.78 is 24.5. The van der Waals surface area contributed by atoms with E-state index in [-0.39, 0.29) is 10.9 Å². The third kappa shape index (κ3) is 2.90. The highest BCUT2D eigenvalue weighted by Crippen LogP contribution is 2.11. The van der Waals surface area contributed by atoms with Gasteiger partial charge in [0, 0.05) is 11.8 Å². The van der Waals surface area contributed by atoms with E-state index in [9.17, 15) is 8.60 Å². The number of hydrogen-bond donors (Lipinski definition) is 1. The molecule has 1 rings (SSSR count). The predicted molar refractivity (Wildman–Crippen MR) is 51.3 cm³/mol. The summed E-state index contributed by atoms with van der Waals surface area (Å²) >= 11 is 0. The summed E-state index contributed by atoms with van der Waals surface area (Å²) in [6, 6.07) is 5.88. The molecule has 0 saturated carbocycles. The fraction of sp³-hybridized carbons (Fsp3) is 0.333. The Morgan fingerprint density at radius 2 is 2.15 bits per heavy atom. The molecule has 2 unspecified atom stereocenters. The first kappa shape index (κ1) is 10.3. The monoisotopic (exact) mass is 201 g/mol. The van der Waals surface area contributed by atoms with E-state index >= 15 is 0 Å². The molecule has 1 aromatic carbocycles. The summed E-state index contributed by atoms with van der Waals surface area (Å²) in [5, 5.41) is 0. The Morgan fingerprint density at radius 3 is 2.69 bits per heavy atom. The molecule has 0 aliphatic heterocycles. The third-order valence-corrected chi connectivity index (χ3v) is 3.15. The van der Waals surface area contributed by atoms with Crippen molar-refractivity contribution in [2.75, 3.05) is 5.75 Å². The highest BCUT2D eigenvalue weighted by atomic mass is 32.2. The van der Waals surface area contributed by atoms with Gasteiger partial charge in [-0.25, -0.2) is 4.39 Å². The van der Waals surface area contributed by atoms with Gasteiger partial charge in [0.1, 0.15) is 5.82 Å². The molecule has 0 aliphatic rings. The fourth-order valence-corrected chi connectivity index (χ4v) is 2.13. The lowest BCUT2D eigenvalue weighted by molar-refractivity contribution is 0.594. The van der Waals surface area contributed by atoms with E-state index in [2.05, 4.69) is 0 Å². The Labute approximate surface area is 79.4 Å². The summed E-state index contributed by atoms with van der Waals surface area (Å²) in [5.41, 5.74) is 5.47. The quantitative estimate of drug-likeness (QED) is 0.800. The first-order chi connectivity index (χ1) is 6.11. The zero-order valence-electron chi connectivity index (χ0n) is 7.37. The molecular formula is C9H12FNOS. The molecule has 2 nitrogen and oxygen atoms in total. The standard InChI is InChI=1S/C9H12FNOS/c1-7(11)6-13(12)9-5-3-2-4-8(9)10/h2-5,7H,6,11H2,1H3. The molecule has 0 aliphatic carbocycles. The summed E-state index contributed by atoms with van der Waals surface area (Å²) in [6.07, 6.45) is 0. The third-order valence-electron chi connectivity index (χ3n) is 1.50. The summed E-state index contributed by atoms with van der Waals surface area (Å²) in [4.78, 5) is 0.236. The van der Waals surface area contributed by atoms with E-state index in [0.29, 0.717) is 5.75 Å². The highest BCUT2D eigenvalue weighted by molar-refractivity contribution is 7.85. The topological polar surface area (TPSA) is 43.1 Å². The van der Waals surface area contributed by atoms with Gasteiger partial charge >= 0.3 is 0 Å². The van der Waals surface area contributed by atoms with Crippen molar-refractivity contribution in [3.63, 3.8) is 0 Å². The molecule has 2 N–H and O–H groups in total. The van der Waals surface area contributed by atoms with Crippen molar-refractivity contribution in [1.82, 2.24) is 0 Å². The molecule has 4 heteroatoms. The van der Waals surface area contributed by atoms with Crippen molar-refractivity contribution in [1.29, 1.82) is 0 Å². The van der Waals surface area contributed by atoms with Crippen LogP contribution in [0, 0.1) is 5.82 Å². The highest BCUT2D eigenvalue weighted by Gasteiger charge is 2.10. The lowest BCUT2D eigenvalue weighted by Crippen LogP contribution is -2.23. The molecule has 0 saturated heterocycles. The molecule has 0 spiro atoms. The van der Waals surface area contributed by atoms with Crippen LogP contribution in [0.15, 0.2) is 29.2 Å². The van der Waals surface area contributed by atoms with Crippen LogP contribution in [0.3, 0.4) is 0 Å². The van der Waals surface area contributed by atoms with Crippen LogP contribution in [0.25, 0.3) is 0 Å². The average Bonchev–Trinajstić information content (AvgIpc) is 2.03. The van der Waals surface area contributed by atoms with Gasteiger partial charge in [0.15, 0.2) is 0 Å². The van der Waals surface area contributed by atoms with Gasteiger partial charge in [0.25, 0.3) is 0 Å². The molecule has 0 radical (unpaired) electrons. The van der Waals surface area contributed by atoms with Crippen molar-refractivity contribution in [2.24, 2.45) is 5.73 Å².